The molecule has 2 rings (SSSR count). The van der Waals surface area contributed by atoms with E-state index in [1.165, 1.54) is 0 Å². The van der Waals surface area contributed by atoms with Crippen molar-refractivity contribution >= 4 is 61.9 Å². The molecule has 0 saturated carbocycles. The van der Waals surface area contributed by atoms with Crippen LogP contribution in [0.2, 0.25) is 5.02 Å². The molecular weight excluding hydrogens is 319 g/mol. The van der Waals surface area contributed by atoms with Crippen LogP contribution in [0.5, 0.6) is 0 Å². The average molecular weight is 323 g/mol. The standard InChI is InChI=1S/C9H4ClIOS/c10-6-1-2-8-9(5(6)3-12)7(11)4-13-8/h1-4H. The molecule has 0 N–H and O–H groups in total. The molecule has 0 aliphatic heterocycles. The largest absolute Gasteiger partial charge is 0.298 e. The molecule has 1 nitrogen and oxygen atoms in total. The van der Waals surface area contributed by atoms with Crippen molar-refractivity contribution in [2.45, 2.75) is 0 Å². The van der Waals surface area contributed by atoms with Gasteiger partial charge in [0.2, 0.25) is 0 Å². The zero-order chi connectivity index (χ0) is 9.42. The number of hydrogen-bond acceptors (Lipinski definition) is 2. The van der Waals surface area contributed by atoms with Crippen molar-refractivity contribution in [3.8, 4) is 0 Å². The third-order valence-electron chi connectivity index (χ3n) is 1.80. The molecule has 0 fully saturated rings. The molecule has 13 heavy (non-hydrogen) atoms. The molecule has 1 aromatic carbocycles. The van der Waals surface area contributed by atoms with Gasteiger partial charge in [-0.25, -0.2) is 0 Å². The fraction of sp³-hybridized carbons (Fsp3) is 0. The maximum Gasteiger partial charge on any atom is 0.152 e. The van der Waals surface area contributed by atoms with Crippen molar-refractivity contribution in [1.82, 2.24) is 0 Å². The second-order valence-electron chi connectivity index (χ2n) is 2.54. The minimum atomic E-state index is 0.527. The van der Waals surface area contributed by atoms with Crippen LogP contribution in [0.4, 0.5) is 0 Å². The molecule has 0 saturated heterocycles. The van der Waals surface area contributed by atoms with Crippen molar-refractivity contribution in [3.63, 3.8) is 0 Å². The lowest BCUT2D eigenvalue weighted by molar-refractivity contribution is 0.112. The van der Waals surface area contributed by atoms with Gasteiger partial charge in [0.1, 0.15) is 0 Å². The fourth-order valence-electron chi connectivity index (χ4n) is 1.21. The van der Waals surface area contributed by atoms with E-state index < -0.39 is 0 Å². The van der Waals surface area contributed by atoms with Gasteiger partial charge in [-0.3, -0.25) is 4.79 Å². The number of fused-ring (bicyclic) bond motifs is 1. The second kappa shape index (κ2) is 3.55. The Bertz CT molecular complexity index is 478. The quantitative estimate of drug-likeness (QED) is 0.573. The molecule has 1 aromatic heterocycles. The third-order valence-corrected chi connectivity index (χ3v) is 4.35. The highest BCUT2D eigenvalue weighted by atomic mass is 127. The summed E-state index contributed by atoms with van der Waals surface area (Å²) in [7, 11) is 0. The molecule has 0 radical (unpaired) electrons. The first-order valence-corrected chi connectivity index (χ1v) is 5.88. The zero-order valence-corrected chi connectivity index (χ0v) is 10.1. The van der Waals surface area contributed by atoms with Crippen LogP contribution in [0.3, 0.4) is 0 Å². The number of thiophene rings is 1. The Hall–Kier alpha value is -0.130. The normalized spacial score (nSPS) is 10.6. The third kappa shape index (κ3) is 1.49. The van der Waals surface area contributed by atoms with E-state index in [2.05, 4.69) is 22.6 Å². The SMILES string of the molecule is O=Cc1c(Cl)ccc2scc(I)c12. The zero-order valence-electron chi connectivity index (χ0n) is 6.38. The fourth-order valence-corrected chi connectivity index (χ4v) is 3.39. The smallest absolute Gasteiger partial charge is 0.152 e. The van der Waals surface area contributed by atoms with Gasteiger partial charge >= 0.3 is 0 Å². The van der Waals surface area contributed by atoms with Gasteiger partial charge in [-0.1, -0.05) is 11.6 Å². The van der Waals surface area contributed by atoms with Gasteiger partial charge in [0, 0.05) is 24.6 Å². The molecule has 0 amide bonds. The summed E-state index contributed by atoms with van der Waals surface area (Å²) in [6, 6.07) is 3.71. The molecule has 1 heterocycles. The Morgan fingerprint density at radius 2 is 2.23 bits per heavy atom. The Labute approximate surface area is 97.8 Å². The van der Waals surface area contributed by atoms with Crippen LogP contribution in [0.15, 0.2) is 17.5 Å². The molecule has 0 aliphatic rings. The van der Waals surface area contributed by atoms with Gasteiger partial charge in [0.25, 0.3) is 0 Å². The first kappa shape index (κ1) is 9.43. The number of carbonyl (C=O) groups is 1. The van der Waals surface area contributed by atoms with Crippen LogP contribution in [-0.4, -0.2) is 6.29 Å². The minimum Gasteiger partial charge on any atom is -0.298 e. The first-order chi connectivity index (χ1) is 6.24. The summed E-state index contributed by atoms with van der Waals surface area (Å²) >= 11 is 9.74. The molecule has 4 heteroatoms. The van der Waals surface area contributed by atoms with Crippen LogP contribution in [0.25, 0.3) is 10.1 Å². The van der Waals surface area contributed by atoms with Crippen LogP contribution in [0, 0.1) is 3.57 Å². The number of carbonyl (C=O) groups excluding carboxylic acids is 1. The Kier molecular flexibility index (Phi) is 2.58. The molecule has 0 bridgehead atoms. The van der Waals surface area contributed by atoms with E-state index in [9.17, 15) is 4.79 Å². The molecular formula is C9H4ClIOS. The molecule has 2 aromatic rings. The topological polar surface area (TPSA) is 17.1 Å². The number of benzene rings is 1. The molecule has 0 atom stereocenters. The van der Waals surface area contributed by atoms with E-state index in [0.717, 1.165) is 19.9 Å². The number of rotatable bonds is 1. The van der Waals surface area contributed by atoms with E-state index in [1.807, 2.05) is 11.4 Å². The second-order valence-corrected chi connectivity index (χ2v) is 5.02. The van der Waals surface area contributed by atoms with Gasteiger partial charge in [0.15, 0.2) is 6.29 Å². The van der Waals surface area contributed by atoms with Gasteiger partial charge < -0.3 is 0 Å². The maximum atomic E-state index is 10.8. The average Bonchev–Trinajstić information content (AvgIpc) is 2.49. The van der Waals surface area contributed by atoms with Crippen LogP contribution < -0.4 is 0 Å². The molecule has 0 unspecified atom stereocenters. The molecule has 0 spiro atoms. The van der Waals surface area contributed by atoms with Crippen LogP contribution in [0.1, 0.15) is 10.4 Å². The van der Waals surface area contributed by atoms with E-state index in [-0.39, 0.29) is 0 Å². The van der Waals surface area contributed by atoms with Gasteiger partial charge in [-0.15, -0.1) is 11.3 Å². The van der Waals surface area contributed by atoms with Gasteiger partial charge in [-0.2, -0.15) is 0 Å². The van der Waals surface area contributed by atoms with Crippen molar-refractivity contribution in [1.29, 1.82) is 0 Å². The van der Waals surface area contributed by atoms with E-state index >= 15 is 0 Å². The summed E-state index contributed by atoms with van der Waals surface area (Å²) in [6.07, 6.45) is 0.819. The number of hydrogen-bond donors (Lipinski definition) is 0. The van der Waals surface area contributed by atoms with Crippen molar-refractivity contribution < 1.29 is 4.79 Å². The first-order valence-electron chi connectivity index (χ1n) is 3.54. The Morgan fingerprint density at radius 3 is 2.92 bits per heavy atom. The number of halogens is 2. The van der Waals surface area contributed by atoms with Crippen molar-refractivity contribution in [3.05, 3.63) is 31.7 Å². The summed E-state index contributed by atoms with van der Waals surface area (Å²) in [5.74, 6) is 0. The predicted molar refractivity (Wildman–Crippen MR) is 64.9 cm³/mol. The maximum absolute atomic E-state index is 10.8. The van der Waals surface area contributed by atoms with E-state index in [4.69, 9.17) is 11.6 Å². The van der Waals surface area contributed by atoms with Gasteiger partial charge in [-0.05, 0) is 34.7 Å². The molecule has 0 aliphatic carbocycles. The van der Waals surface area contributed by atoms with Crippen molar-refractivity contribution in [2.75, 3.05) is 0 Å². The highest BCUT2D eigenvalue weighted by Crippen LogP contribution is 2.32. The summed E-state index contributed by atoms with van der Waals surface area (Å²) < 4.78 is 2.19. The predicted octanol–water partition coefficient (Wildman–Crippen LogP) is 3.97. The summed E-state index contributed by atoms with van der Waals surface area (Å²) in [4.78, 5) is 10.8. The van der Waals surface area contributed by atoms with E-state index in [1.54, 1.807) is 17.4 Å². The highest BCUT2D eigenvalue weighted by molar-refractivity contribution is 14.1. The number of aldehydes is 1. The Morgan fingerprint density at radius 1 is 1.46 bits per heavy atom. The lowest BCUT2D eigenvalue weighted by Gasteiger charge is -1.98. The monoisotopic (exact) mass is 322 g/mol. The molecule has 66 valence electrons. The van der Waals surface area contributed by atoms with Crippen molar-refractivity contribution in [2.24, 2.45) is 0 Å². The summed E-state index contributed by atoms with van der Waals surface area (Å²) in [5.41, 5.74) is 0.602. The Balaban J connectivity index is 2.96. The van der Waals surface area contributed by atoms with Crippen LogP contribution >= 0.6 is 45.5 Å². The summed E-state index contributed by atoms with van der Waals surface area (Å²) in [5, 5.41) is 3.53. The lowest BCUT2D eigenvalue weighted by atomic mass is 10.1. The van der Waals surface area contributed by atoms with Crippen LogP contribution in [-0.2, 0) is 0 Å². The highest BCUT2D eigenvalue weighted by Gasteiger charge is 2.09. The van der Waals surface area contributed by atoms with E-state index in [0.29, 0.717) is 10.6 Å². The lowest BCUT2D eigenvalue weighted by Crippen LogP contribution is -1.83. The summed E-state index contributed by atoms with van der Waals surface area (Å²) in [6.45, 7) is 0. The van der Waals surface area contributed by atoms with Gasteiger partial charge in [0.05, 0.1) is 5.02 Å². The minimum absolute atomic E-state index is 0.527.